The van der Waals surface area contributed by atoms with E-state index in [9.17, 15) is 9.59 Å². The number of fused-ring (bicyclic) bond motifs is 1. The van der Waals surface area contributed by atoms with Crippen LogP contribution in [0.2, 0.25) is 0 Å². The lowest BCUT2D eigenvalue weighted by molar-refractivity contribution is -0.145. The van der Waals surface area contributed by atoms with E-state index in [4.69, 9.17) is 9.47 Å². The Morgan fingerprint density at radius 3 is 2.72 bits per heavy atom. The number of esters is 2. The van der Waals surface area contributed by atoms with Gasteiger partial charge in [0, 0.05) is 21.6 Å². The van der Waals surface area contributed by atoms with Crippen molar-refractivity contribution in [2.24, 2.45) is 5.92 Å². The van der Waals surface area contributed by atoms with Crippen molar-refractivity contribution in [1.82, 2.24) is 4.98 Å². The molecule has 0 aliphatic heterocycles. The Bertz CT molecular complexity index is 824. The predicted molar refractivity (Wildman–Crippen MR) is 97.6 cm³/mol. The van der Waals surface area contributed by atoms with Crippen molar-refractivity contribution in [1.29, 1.82) is 0 Å². The van der Waals surface area contributed by atoms with Crippen molar-refractivity contribution in [3.05, 3.63) is 34.4 Å². The maximum atomic E-state index is 11.9. The van der Waals surface area contributed by atoms with Gasteiger partial charge in [-0.1, -0.05) is 15.9 Å². The van der Waals surface area contributed by atoms with Crippen LogP contribution in [0, 0.1) is 5.92 Å². The van der Waals surface area contributed by atoms with E-state index in [0.717, 1.165) is 28.4 Å². The molecule has 0 spiro atoms. The summed E-state index contributed by atoms with van der Waals surface area (Å²) in [6.07, 6.45) is 2.37. The van der Waals surface area contributed by atoms with Gasteiger partial charge in [0.2, 0.25) is 0 Å². The highest BCUT2D eigenvalue weighted by Crippen LogP contribution is 2.32. The second-order valence-electron chi connectivity index (χ2n) is 6.08. The number of anilines is 1. The van der Waals surface area contributed by atoms with Gasteiger partial charge in [0.05, 0.1) is 25.7 Å². The normalized spacial score (nSPS) is 19.6. The Kier molecular flexibility index (Phi) is 5.22. The summed E-state index contributed by atoms with van der Waals surface area (Å²) in [5.74, 6) is -0.726. The number of methoxy groups -OCH3 is 2. The fourth-order valence-electron chi connectivity index (χ4n) is 3.24. The standard InChI is InChI=1S/C18H19BrN2O4/c1-24-17(22)10-3-5-12(7-10)20-15-9-16(18(23)25-2)21-14-6-4-11(19)8-13(14)15/h4,6,8-10,12H,3,5,7H2,1-2H3,(H,20,21)/t10-,12+/m0/s1. The average molecular weight is 407 g/mol. The van der Waals surface area contributed by atoms with Gasteiger partial charge in [-0.2, -0.15) is 0 Å². The second-order valence-corrected chi connectivity index (χ2v) is 7.00. The molecule has 1 aliphatic carbocycles. The van der Waals surface area contributed by atoms with E-state index in [1.165, 1.54) is 14.2 Å². The van der Waals surface area contributed by atoms with Gasteiger partial charge >= 0.3 is 11.9 Å². The number of carbonyl (C=O) groups excluding carboxylic acids is 2. The first-order valence-electron chi connectivity index (χ1n) is 8.04. The van der Waals surface area contributed by atoms with E-state index < -0.39 is 5.97 Å². The molecule has 0 unspecified atom stereocenters. The van der Waals surface area contributed by atoms with Crippen LogP contribution in [0.25, 0.3) is 10.9 Å². The zero-order valence-electron chi connectivity index (χ0n) is 14.0. The number of benzene rings is 1. The number of hydrogen-bond acceptors (Lipinski definition) is 6. The largest absolute Gasteiger partial charge is 0.469 e. The summed E-state index contributed by atoms with van der Waals surface area (Å²) in [6.45, 7) is 0. The molecule has 3 rings (SSSR count). The van der Waals surface area contributed by atoms with Crippen LogP contribution in [0.4, 0.5) is 5.69 Å². The maximum Gasteiger partial charge on any atom is 0.356 e. The number of hydrogen-bond donors (Lipinski definition) is 1. The van der Waals surface area contributed by atoms with Gasteiger partial charge in [-0.05, 0) is 43.5 Å². The molecule has 25 heavy (non-hydrogen) atoms. The van der Waals surface area contributed by atoms with Crippen LogP contribution in [0.1, 0.15) is 29.8 Å². The number of nitrogens with zero attached hydrogens (tertiary/aromatic N) is 1. The number of halogens is 1. The van der Waals surface area contributed by atoms with E-state index >= 15 is 0 Å². The molecule has 1 aromatic heterocycles. The minimum absolute atomic E-state index is 0.0811. The molecular weight excluding hydrogens is 388 g/mol. The van der Waals surface area contributed by atoms with Crippen LogP contribution in [-0.2, 0) is 14.3 Å². The Labute approximate surface area is 154 Å². The van der Waals surface area contributed by atoms with E-state index in [-0.39, 0.29) is 23.6 Å². The molecule has 0 radical (unpaired) electrons. The zero-order valence-corrected chi connectivity index (χ0v) is 15.6. The monoisotopic (exact) mass is 406 g/mol. The van der Waals surface area contributed by atoms with Crippen LogP contribution >= 0.6 is 15.9 Å². The summed E-state index contributed by atoms with van der Waals surface area (Å²) in [7, 11) is 2.75. The van der Waals surface area contributed by atoms with Crippen LogP contribution in [0.5, 0.6) is 0 Å². The third-order valence-corrected chi connectivity index (χ3v) is 4.99. The molecule has 1 aliphatic rings. The molecule has 0 bridgehead atoms. The van der Waals surface area contributed by atoms with Crippen molar-refractivity contribution in [3.63, 3.8) is 0 Å². The Balaban J connectivity index is 1.92. The number of ether oxygens (including phenoxy) is 2. The molecule has 0 saturated heterocycles. The molecular formula is C18H19BrN2O4. The van der Waals surface area contributed by atoms with E-state index in [0.29, 0.717) is 11.9 Å². The van der Waals surface area contributed by atoms with E-state index in [1.807, 2.05) is 18.2 Å². The Hall–Kier alpha value is -2.15. The fraction of sp³-hybridized carbons (Fsp3) is 0.389. The van der Waals surface area contributed by atoms with Crippen molar-refractivity contribution in [3.8, 4) is 0 Å². The van der Waals surface area contributed by atoms with Crippen molar-refractivity contribution >= 4 is 44.5 Å². The van der Waals surface area contributed by atoms with Gasteiger partial charge in [0.15, 0.2) is 5.69 Å². The highest BCUT2D eigenvalue weighted by atomic mass is 79.9. The molecule has 1 saturated carbocycles. The van der Waals surface area contributed by atoms with Crippen molar-refractivity contribution in [2.75, 3.05) is 19.5 Å². The lowest BCUT2D eigenvalue weighted by atomic mass is 10.1. The summed E-state index contributed by atoms with van der Waals surface area (Å²) in [6, 6.07) is 7.52. The highest BCUT2D eigenvalue weighted by molar-refractivity contribution is 9.10. The molecule has 1 N–H and O–H groups in total. The first kappa shape index (κ1) is 17.7. The highest BCUT2D eigenvalue weighted by Gasteiger charge is 2.31. The minimum Gasteiger partial charge on any atom is -0.469 e. The molecule has 2 atom stereocenters. The Morgan fingerprint density at radius 2 is 2.00 bits per heavy atom. The van der Waals surface area contributed by atoms with Gasteiger partial charge in [-0.3, -0.25) is 4.79 Å². The maximum absolute atomic E-state index is 11.9. The Morgan fingerprint density at radius 1 is 1.20 bits per heavy atom. The lowest BCUT2D eigenvalue weighted by Gasteiger charge is -2.17. The van der Waals surface area contributed by atoms with Gasteiger partial charge in [0.25, 0.3) is 0 Å². The topological polar surface area (TPSA) is 77.5 Å². The van der Waals surface area contributed by atoms with Crippen LogP contribution in [0.3, 0.4) is 0 Å². The summed E-state index contributed by atoms with van der Waals surface area (Å²) in [5.41, 5.74) is 1.76. The molecule has 132 valence electrons. The molecule has 1 aromatic carbocycles. The van der Waals surface area contributed by atoms with Crippen molar-refractivity contribution in [2.45, 2.75) is 25.3 Å². The van der Waals surface area contributed by atoms with Gasteiger partial charge in [-0.15, -0.1) is 0 Å². The number of pyridine rings is 1. The third-order valence-electron chi connectivity index (χ3n) is 4.49. The third kappa shape index (κ3) is 3.76. The predicted octanol–water partition coefficient (Wildman–Crippen LogP) is 3.54. The summed E-state index contributed by atoms with van der Waals surface area (Å²) >= 11 is 3.47. The molecule has 1 fully saturated rings. The van der Waals surface area contributed by atoms with E-state index in [1.54, 1.807) is 6.07 Å². The van der Waals surface area contributed by atoms with Crippen LogP contribution in [-0.4, -0.2) is 37.2 Å². The fourth-order valence-corrected chi connectivity index (χ4v) is 3.60. The summed E-state index contributed by atoms with van der Waals surface area (Å²) in [4.78, 5) is 28.0. The molecule has 6 nitrogen and oxygen atoms in total. The minimum atomic E-state index is -0.480. The van der Waals surface area contributed by atoms with Crippen LogP contribution < -0.4 is 5.32 Å². The number of carbonyl (C=O) groups is 2. The number of nitrogens with one attached hydrogen (secondary N) is 1. The first-order chi connectivity index (χ1) is 12.0. The second kappa shape index (κ2) is 7.39. The molecule has 1 heterocycles. The number of rotatable bonds is 4. The smallest absolute Gasteiger partial charge is 0.356 e. The number of aromatic nitrogens is 1. The SMILES string of the molecule is COC(=O)c1cc(N[C@@H]2CC[C@H](C(=O)OC)C2)c2cc(Br)ccc2n1. The molecule has 0 amide bonds. The van der Waals surface area contributed by atoms with Crippen LogP contribution in [0.15, 0.2) is 28.7 Å². The van der Waals surface area contributed by atoms with Gasteiger partial charge in [0.1, 0.15) is 0 Å². The summed E-state index contributed by atoms with van der Waals surface area (Å²) in [5, 5.41) is 4.37. The van der Waals surface area contributed by atoms with E-state index in [2.05, 4.69) is 26.2 Å². The molecule has 2 aromatic rings. The van der Waals surface area contributed by atoms with Gasteiger partial charge < -0.3 is 14.8 Å². The zero-order chi connectivity index (χ0) is 18.0. The van der Waals surface area contributed by atoms with Gasteiger partial charge in [-0.25, -0.2) is 9.78 Å². The summed E-state index contributed by atoms with van der Waals surface area (Å²) < 4.78 is 10.6. The quantitative estimate of drug-likeness (QED) is 0.782. The first-order valence-corrected chi connectivity index (χ1v) is 8.84. The average Bonchev–Trinajstić information content (AvgIpc) is 3.09. The molecule has 7 heteroatoms. The van der Waals surface area contributed by atoms with Crippen molar-refractivity contribution < 1.29 is 19.1 Å². The lowest BCUT2D eigenvalue weighted by Crippen LogP contribution is -2.19.